The number of allylic oxidation sites excluding steroid dienone is 2. The van der Waals surface area contributed by atoms with Gasteiger partial charge in [-0.2, -0.15) is 0 Å². The Hall–Kier alpha value is -3.23. The number of thioether (sulfide) groups is 5. The smallest absolute Gasteiger partial charge is 0.0538 e. The molecule has 3 aliphatic rings. The Labute approximate surface area is 472 Å². The molecule has 0 radical (unpaired) electrons. The van der Waals surface area contributed by atoms with Crippen LogP contribution in [0.25, 0.3) is 21.6 Å². The average molecular weight is 1090 g/mol. The summed E-state index contributed by atoms with van der Waals surface area (Å²) in [7, 11) is 0. The molecule has 1 aliphatic heterocycles. The standard InChI is InChI=1S/C68H80S6/c1-5-9-13-17-21-49-25-29-53(30-26-49)47-71-67(73-55-37-33-51(34-38-55)23-19-15-11-7-3)63-57-41-43-69-65(57)61-46-60-62(45-59(61)63)66-58(42-44-70-66)64(60)68(74-56-39-35-52(36-40-56)24-20-16-12-8-4)72-48-54-31-27-50(28-32-54)22-18-14-10-6-2/h25-46,57,65H,5-24,47-48H2,1-4H3/b67-63+,68-64+. The summed E-state index contributed by atoms with van der Waals surface area (Å²) in [6, 6.07) is 46.1. The van der Waals surface area contributed by atoms with Crippen molar-refractivity contribution in [2.24, 2.45) is 5.92 Å². The molecule has 1 aromatic heterocycles. The first-order chi connectivity index (χ1) is 36.5. The van der Waals surface area contributed by atoms with Gasteiger partial charge in [-0.05, 0) is 160 Å². The number of fused-ring (bicyclic) bond motifs is 6. The van der Waals surface area contributed by atoms with E-state index in [-0.39, 0.29) is 0 Å². The van der Waals surface area contributed by atoms with Gasteiger partial charge in [-0.1, -0.05) is 207 Å². The number of thiophene rings is 1. The van der Waals surface area contributed by atoms with Crippen LogP contribution in [0, 0.1) is 5.92 Å². The predicted molar refractivity (Wildman–Crippen MR) is 337 cm³/mol. The average Bonchev–Trinajstić information content (AvgIpc) is 4.27. The third-order valence-electron chi connectivity index (χ3n) is 15.2. The van der Waals surface area contributed by atoms with Crippen LogP contribution in [0.5, 0.6) is 0 Å². The van der Waals surface area contributed by atoms with Crippen molar-refractivity contribution < 1.29 is 0 Å². The number of hydrogen-bond acceptors (Lipinski definition) is 6. The summed E-state index contributed by atoms with van der Waals surface area (Å²) in [4.78, 5) is 4.10. The topological polar surface area (TPSA) is 0 Å². The molecule has 0 nitrogen and oxygen atoms in total. The van der Waals surface area contributed by atoms with Crippen LogP contribution in [0.1, 0.15) is 191 Å². The summed E-state index contributed by atoms with van der Waals surface area (Å²) < 4.78 is 2.87. The van der Waals surface area contributed by atoms with E-state index in [2.05, 4.69) is 172 Å². The van der Waals surface area contributed by atoms with Gasteiger partial charge in [0.1, 0.15) is 0 Å². The van der Waals surface area contributed by atoms with Crippen molar-refractivity contribution in [1.29, 1.82) is 0 Å². The lowest BCUT2D eigenvalue weighted by molar-refractivity contribution is 0.667. The molecule has 0 N–H and O–H groups in total. The molecular formula is C68H80S6. The number of aryl methyl sites for hydroxylation is 4. The van der Waals surface area contributed by atoms with E-state index >= 15 is 0 Å². The Balaban J connectivity index is 1.07. The van der Waals surface area contributed by atoms with E-state index in [1.165, 1.54) is 224 Å². The number of hydrogen-bond donors (Lipinski definition) is 0. The monoisotopic (exact) mass is 1090 g/mol. The molecule has 2 heterocycles. The zero-order chi connectivity index (χ0) is 50.9. The predicted octanol–water partition coefficient (Wildman–Crippen LogP) is 23.0. The summed E-state index contributed by atoms with van der Waals surface area (Å²) in [6.45, 7) is 9.20. The highest BCUT2D eigenvalue weighted by molar-refractivity contribution is 8.22. The van der Waals surface area contributed by atoms with Crippen molar-refractivity contribution in [3.05, 3.63) is 196 Å². The number of rotatable bonds is 30. The molecule has 0 spiro atoms. The molecule has 9 rings (SSSR count). The molecule has 5 aromatic carbocycles. The third-order valence-corrected chi connectivity index (χ3v) is 22.2. The zero-order valence-corrected chi connectivity index (χ0v) is 49.8. The molecule has 6 aromatic rings. The maximum Gasteiger partial charge on any atom is 0.0538 e. The molecule has 0 fully saturated rings. The van der Waals surface area contributed by atoms with Crippen LogP contribution in [-0.4, -0.2) is 0 Å². The number of unbranched alkanes of at least 4 members (excludes halogenated alkanes) is 12. The summed E-state index contributed by atoms with van der Waals surface area (Å²) in [5, 5.41) is 5.12. The lowest BCUT2D eigenvalue weighted by atomic mass is 9.98. The van der Waals surface area contributed by atoms with E-state index in [1.54, 1.807) is 0 Å². The minimum Gasteiger partial charge on any atom is -0.143 e. The van der Waals surface area contributed by atoms with Crippen LogP contribution in [0.15, 0.2) is 150 Å². The van der Waals surface area contributed by atoms with Crippen molar-refractivity contribution in [3.63, 3.8) is 0 Å². The molecule has 388 valence electrons. The Kier molecular flexibility index (Phi) is 21.7. The summed E-state index contributed by atoms with van der Waals surface area (Å²) in [5.41, 5.74) is 18.9. The minimum atomic E-state index is 0.351. The van der Waals surface area contributed by atoms with Crippen LogP contribution < -0.4 is 0 Å². The van der Waals surface area contributed by atoms with Gasteiger partial charge in [-0.25, -0.2) is 0 Å². The molecule has 2 unspecified atom stereocenters. The van der Waals surface area contributed by atoms with Gasteiger partial charge in [-0.15, -0.1) is 46.6 Å². The van der Waals surface area contributed by atoms with Crippen molar-refractivity contribution in [2.45, 2.75) is 183 Å². The Morgan fingerprint density at radius 1 is 0.432 bits per heavy atom. The van der Waals surface area contributed by atoms with Gasteiger partial charge in [0.2, 0.25) is 0 Å². The second-order valence-corrected chi connectivity index (χ2v) is 27.5. The Bertz CT molecular complexity index is 2790. The SMILES string of the molecule is CCCCCCc1ccc(CS/C(Sc2ccc(CCCCCC)cc2)=C2\c3cc4c(cc3-c3sccc32)/C(=C(\SCc2ccc(CCCCCC)cc2)Sc2ccc(CCCCCC)cc2)C2C=CSC42)cc1. The minimum absolute atomic E-state index is 0.351. The molecule has 0 bridgehead atoms. The first-order valence-corrected chi connectivity index (χ1v) is 34.0. The largest absolute Gasteiger partial charge is 0.143 e. The maximum atomic E-state index is 2.66. The molecule has 2 atom stereocenters. The van der Waals surface area contributed by atoms with Crippen molar-refractivity contribution in [3.8, 4) is 10.4 Å². The first-order valence-electron chi connectivity index (χ1n) is 28.6. The summed E-state index contributed by atoms with van der Waals surface area (Å²) in [5.74, 6) is 2.27. The third kappa shape index (κ3) is 14.7. The highest BCUT2D eigenvalue weighted by Crippen LogP contribution is 2.63. The molecule has 0 saturated carbocycles. The fourth-order valence-electron chi connectivity index (χ4n) is 10.8. The van der Waals surface area contributed by atoms with E-state index in [4.69, 9.17) is 0 Å². The van der Waals surface area contributed by atoms with Crippen LogP contribution in [0.3, 0.4) is 0 Å². The summed E-state index contributed by atoms with van der Waals surface area (Å²) >= 11 is 12.1. The lowest BCUT2D eigenvalue weighted by Crippen LogP contribution is -1.97. The highest BCUT2D eigenvalue weighted by atomic mass is 32.2. The van der Waals surface area contributed by atoms with Gasteiger partial charge < -0.3 is 0 Å². The van der Waals surface area contributed by atoms with E-state index in [0.29, 0.717) is 11.2 Å². The quantitative estimate of drug-likeness (QED) is 0.0324. The molecule has 74 heavy (non-hydrogen) atoms. The fraction of sp³-hybridized carbons (Fsp3) is 0.412. The normalized spacial score (nSPS) is 16.6. The molecule has 0 amide bonds. The van der Waals surface area contributed by atoms with Crippen molar-refractivity contribution >= 4 is 81.3 Å². The second-order valence-electron chi connectivity index (χ2n) is 20.9. The number of benzene rings is 5. The van der Waals surface area contributed by atoms with Gasteiger partial charge in [0.25, 0.3) is 0 Å². The van der Waals surface area contributed by atoms with Gasteiger partial charge >= 0.3 is 0 Å². The Morgan fingerprint density at radius 2 is 0.878 bits per heavy atom. The Morgan fingerprint density at radius 3 is 1.36 bits per heavy atom. The molecule has 2 aliphatic carbocycles. The van der Waals surface area contributed by atoms with E-state index in [9.17, 15) is 0 Å². The zero-order valence-electron chi connectivity index (χ0n) is 44.9. The van der Waals surface area contributed by atoms with Gasteiger partial charge in [-0.3, -0.25) is 0 Å². The first kappa shape index (κ1) is 55.5. The van der Waals surface area contributed by atoms with Crippen molar-refractivity contribution in [2.75, 3.05) is 0 Å². The van der Waals surface area contributed by atoms with Crippen molar-refractivity contribution in [1.82, 2.24) is 0 Å². The van der Waals surface area contributed by atoms with Crippen LogP contribution in [0.4, 0.5) is 0 Å². The molecule has 6 heteroatoms. The van der Waals surface area contributed by atoms with E-state index in [1.807, 2.05) is 58.4 Å². The van der Waals surface area contributed by atoms with Gasteiger partial charge in [0, 0.05) is 58.3 Å². The van der Waals surface area contributed by atoms with E-state index < -0.39 is 0 Å². The van der Waals surface area contributed by atoms with Crippen LogP contribution >= 0.6 is 70.1 Å². The highest BCUT2D eigenvalue weighted by Gasteiger charge is 2.42. The molecule has 0 saturated heterocycles. The maximum absolute atomic E-state index is 2.66. The van der Waals surface area contributed by atoms with Gasteiger partial charge in [0.15, 0.2) is 0 Å². The molecular weight excluding hydrogens is 1010 g/mol. The second kappa shape index (κ2) is 28.9. The lowest BCUT2D eigenvalue weighted by Gasteiger charge is -2.17. The van der Waals surface area contributed by atoms with Crippen LogP contribution in [-0.2, 0) is 37.2 Å². The summed E-state index contributed by atoms with van der Waals surface area (Å²) in [6.07, 6.45) is 28.1. The van der Waals surface area contributed by atoms with Gasteiger partial charge in [0.05, 0.1) is 4.24 Å². The fourth-order valence-corrected chi connectivity index (χ4v) is 17.7. The van der Waals surface area contributed by atoms with Crippen LogP contribution in [0.2, 0.25) is 0 Å². The van der Waals surface area contributed by atoms with E-state index in [0.717, 1.165) is 11.5 Å².